The molecule has 1 amide bonds. The molecular weight excluding hydrogens is 196 g/mol. The van der Waals surface area contributed by atoms with Crippen molar-refractivity contribution < 1.29 is 14.3 Å². The van der Waals surface area contributed by atoms with Gasteiger partial charge in [0.15, 0.2) is 0 Å². The molecular formula is C10H20N2O3. The van der Waals surface area contributed by atoms with Crippen molar-refractivity contribution in [3.8, 4) is 0 Å². The predicted molar refractivity (Wildman–Crippen MR) is 55.9 cm³/mol. The minimum atomic E-state index is -0.575. The molecule has 1 heterocycles. The number of hydrogen-bond donors (Lipinski definition) is 2. The summed E-state index contributed by atoms with van der Waals surface area (Å²) in [5, 5.41) is 0. The van der Waals surface area contributed by atoms with Gasteiger partial charge in [-0.1, -0.05) is 0 Å². The SMILES string of the molecule is CC(C)(COCC1CCOC1)C(=O)NN. The third-order valence-corrected chi connectivity index (χ3v) is 2.59. The summed E-state index contributed by atoms with van der Waals surface area (Å²) in [7, 11) is 0. The molecule has 5 nitrogen and oxygen atoms in total. The third kappa shape index (κ3) is 3.77. The number of hydrazine groups is 1. The van der Waals surface area contributed by atoms with Gasteiger partial charge in [0.25, 0.3) is 0 Å². The molecule has 0 spiro atoms. The quantitative estimate of drug-likeness (QED) is 0.387. The molecule has 88 valence electrons. The molecule has 1 saturated heterocycles. The largest absolute Gasteiger partial charge is 0.381 e. The van der Waals surface area contributed by atoms with Crippen LogP contribution in [0.4, 0.5) is 0 Å². The lowest BCUT2D eigenvalue weighted by Gasteiger charge is -2.22. The van der Waals surface area contributed by atoms with Crippen LogP contribution in [0.25, 0.3) is 0 Å². The Morgan fingerprint density at radius 2 is 2.40 bits per heavy atom. The Bertz CT molecular complexity index is 213. The summed E-state index contributed by atoms with van der Waals surface area (Å²) in [5.74, 6) is 5.35. The van der Waals surface area contributed by atoms with Crippen LogP contribution in [0.5, 0.6) is 0 Å². The first-order chi connectivity index (χ1) is 7.06. The normalized spacial score (nSPS) is 21.7. The van der Waals surface area contributed by atoms with E-state index in [4.69, 9.17) is 15.3 Å². The van der Waals surface area contributed by atoms with Gasteiger partial charge in [-0.3, -0.25) is 10.2 Å². The maximum absolute atomic E-state index is 11.3. The van der Waals surface area contributed by atoms with Gasteiger partial charge in [-0.25, -0.2) is 5.84 Å². The Morgan fingerprint density at radius 1 is 1.67 bits per heavy atom. The molecule has 1 aliphatic heterocycles. The van der Waals surface area contributed by atoms with Gasteiger partial charge >= 0.3 is 0 Å². The van der Waals surface area contributed by atoms with Crippen LogP contribution in [0.2, 0.25) is 0 Å². The lowest BCUT2D eigenvalue weighted by molar-refractivity contribution is -0.132. The molecule has 0 saturated carbocycles. The molecule has 1 unspecified atom stereocenters. The predicted octanol–water partition coefficient (Wildman–Crippen LogP) is 0.0556. The molecule has 0 aromatic rings. The lowest BCUT2D eigenvalue weighted by atomic mass is 9.94. The van der Waals surface area contributed by atoms with Gasteiger partial charge in [-0.2, -0.15) is 0 Å². The Balaban J connectivity index is 2.20. The molecule has 0 aromatic carbocycles. The van der Waals surface area contributed by atoms with Crippen LogP contribution in [0, 0.1) is 11.3 Å². The first-order valence-corrected chi connectivity index (χ1v) is 5.23. The number of amides is 1. The number of ether oxygens (including phenoxy) is 2. The molecule has 0 bridgehead atoms. The second-order valence-electron chi connectivity index (χ2n) is 4.60. The summed E-state index contributed by atoms with van der Waals surface area (Å²) < 4.78 is 10.7. The maximum Gasteiger partial charge on any atom is 0.241 e. The van der Waals surface area contributed by atoms with Crippen molar-refractivity contribution in [2.75, 3.05) is 26.4 Å². The number of nitrogens with one attached hydrogen (secondary N) is 1. The number of hydrogen-bond acceptors (Lipinski definition) is 4. The topological polar surface area (TPSA) is 73.6 Å². The molecule has 1 aliphatic rings. The van der Waals surface area contributed by atoms with E-state index in [1.807, 2.05) is 0 Å². The van der Waals surface area contributed by atoms with Gasteiger partial charge in [-0.15, -0.1) is 0 Å². The van der Waals surface area contributed by atoms with Crippen LogP contribution >= 0.6 is 0 Å². The smallest absolute Gasteiger partial charge is 0.241 e. The number of nitrogens with two attached hydrogens (primary N) is 1. The second-order valence-corrected chi connectivity index (χ2v) is 4.60. The van der Waals surface area contributed by atoms with Crippen LogP contribution in [0.3, 0.4) is 0 Å². The van der Waals surface area contributed by atoms with E-state index in [1.54, 1.807) is 13.8 Å². The highest BCUT2D eigenvalue weighted by atomic mass is 16.5. The van der Waals surface area contributed by atoms with Crippen molar-refractivity contribution in [2.45, 2.75) is 20.3 Å². The third-order valence-electron chi connectivity index (χ3n) is 2.59. The average Bonchev–Trinajstić information content (AvgIpc) is 2.69. The molecule has 0 aromatic heterocycles. The van der Waals surface area contributed by atoms with Crippen molar-refractivity contribution in [1.29, 1.82) is 0 Å². The summed E-state index contributed by atoms with van der Waals surface area (Å²) >= 11 is 0. The number of carbonyl (C=O) groups excluding carboxylic acids is 1. The fraction of sp³-hybridized carbons (Fsp3) is 0.900. The van der Waals surface area contributed by atoms with E-state index >= 15 is 0 Å². The Labute approximate surface area is 90.3 Å². The van der Waals surface area contributed by atoms with Gasteiger partial charge < -0.3 is 9.47 Å². The second kappa shape index (κ2) is 5.44. The van der Waals surface area contributed by atoms with Crippen LogP contribution in [0.1, 0.15) is 20.3 Å². The minimum Gasteiger partial charge on any atom is -0.381 e. The van der Waals surface area contributed by atoms with Crippen molar-refractivity contribution in [1.82, 2.24) is 5.43 Å². The van der Waals surface area contributed by atoms with Crippen molar-refractivity contribution in [3.05, 3.63) is 0 Å². The number of carbonyl (C=O) groups is 1. The van der Waals surface area contributed by atoms with E-state index in [1.165, 1.54) is 0 Å². The molecule has 5 heteroatoms. The van der Waals surface area contributed by atoms with E-state index < -0.39 is 5.41 Å². The van der Waals surface area contributed by atoms with Crippen LogP contribution in [-0.2, 0) is 14.3 Å². The standard InChI is InChI=1S/C10H20N2O3/c1-10(2,9(13)12-11)7-15-6-8-3-4-14-5-8/h8H,3-7,11H2,1-2H3,(H,12,13). The van der Waals surface area contributed by atoms with Gasteiger partial charge in [0, 0.05) is 12.5 Å². The Kier molecular flexibility index (Phi) is 4.50. The fourth-order valence-corrected chi connectivity index (χ4v) is 1.46. The number of rotatable bonds is 5. The monoisotopic (exact) mass is 216 g/mol. The fourth-order valence-electron chi connectivity index (χ4n) is 1.46. The lowest BCUT2D eigenvalue weighted by Crippen LogP contribution is -2.43. The highest BCUT2D eigenvalue weighted by molar-refractivity contribution is 5.81. The Morgan fingerprint density at radius 3 is 2.93 bits per heavy atom. The minimum absolute atomic E-state index is 0.204. The molecule has 1 fully saturated rings. The summed E-state index contributed by atoms with van der Waals surface area (Å²) in [6.07, 6.45) is 1.05. The van der Waals surface area contributed by atoms with E-state index in [0.29, 0.717) is 19.1 Å². The van der Waals surface area contributed by atoms with Crippen LogP contribution < -0.4 is 11.3 Å². The highest BCUT2D eigenvalue weighted by Gasteiger charge is 2.28. The zero-order valence-corrected chi connectivity index (χ0v) is 9.41. The summed E-state index contributed by atoms with van der Waals surface area (Å²) in [5.41, 5.74) is 1.56. The van der Waals surface area contributed by atoms with Gasteiger partial charge in [-0.05, 0) is 20.3 Å². The molecule has 15 heavy (non-hydrogen) atoms. The molecule has 0 aliphatic carbocycles. The average molecular weight is 216 g/mol. The van der Waals surface area contributed by atoms with E-state index in [9.17, 15) is 4.79 Å². The van der Waals surface area contributed by atoms with Gasteiger partial charge in [0.05, 0.1) is 25.2 Å². The Hall–Kier alpha value is -0.650. The van der Waals surface area contributed by atoms with E-state index in [0.717, 1.165) is 19.6 Å². The van der Waals surface area contributed by atoms with E-state index in [-0.39, 0.29) is 5.91 Å². The van der Waals surface area contributed by atoms with Crippen LogP contribution in [-0.4, -0.2) is 32.3 Å². The zero-order valence-electron chi connectivity index (χ0n) is 9.41. The maximum atomic E-state index is 11.3. The van der Waals surface area contributed by atoms with Gasteiger partial charge in [0.2, 0.25) is 5.91 Å². The van der Waals surface area contributed by atoms with E-state index in [2.05, 4.69) is 5.43 Å². The molecule has 0 radical (unpaired) electrons. The molecule has 1 rings (SSSR count). The first-order valence-electron chi connectivity index (χ1n) is 5.23. The highest BCUT2D eigenvalue weighted by Crippen LogP contribution is 2.17. The van der Waals surface area contributed by atoms with Crippen LogP contribution in [0.15, 0.2) is 0 Å². The zero-order chi connectivity index (χ0) is 11.3. The van der Waals surface area contributed by atoms with Crippen molar-refractivity contribution in [2.24, 2.45) is 17.2 Å². The summed E-state index contributed by atoms with van der Waals surface area (Å²) in [4.78, 5) is 11.3. The summed E-state index contributed by atoms with van der Waals surface area (Å²) in [6.45, 7) is 6.23. The van der Waals surface area contributed by atoms with Crippen molar-refractivity contribution >= 4 is 5.91 Å². The molecule has 3 N–H and O–H groups in total. The first kappa shape index (κ1) is 12.4. The van der Waals surface area contributed by atoms with Crippen molar-refractivity contribution in [3.63, 3.8) is 0 Å². The van der Waals surface area contributed by atoms with Gasteiger partial charge in [0.1, 0.15) is 0 Å². The summed E-state index contributed by atoms with van der Waals surface area (Å²) in [6, 6.07) is 0. The molecule has 1 atom stereocenters.